The van der Waals surface area contributed by atoms with E-state index in [0.29, 0.717) is 36.6 Å². The van der Waals surface area contributed by atoms with Gasteiger partial charge in [-0.15, -0.1) is 10.2 Å². The first kappa shape index (κ1) is 30.8. The maximum Gasteiger partial charge on any atom is 0.254 e. The fourth-order valence-corrected chi connectivity index (χ4v) is 6.37. The van der Waals surface area contributed by atoms with Gasteiger partial charge >= 0.3 is 0 Å². The van der Waals surface area contributed by atoms with Gasteiger partial charge in [0.25, 0.3) is 5.91 Å². The maximum absolute atomic E-state index is 13.2. The third-order valence-electron chi connectivity index (χ3n) is 7.78. The lowest BCUT2D eigenvalue weighted by molar-refractivity contribution is -0.133. The number of para-hydroxylation sites is 1. The molecule has 0 aliphatic carbocycles. The molecule has 2 heterocycles. The lowest BCUT2D eigenvalue weighted by Gasteiger charge is -2.40. The van der Waals surface area contributed by atoms with Crippen LogP contribution in [0, 0.1) is 0 Å². The van der Waals surface area contributed by atoms with E-state index in [1.807, 2.05) is 88.0 Å². The first-order chi connectivity index (χ1) is 20.9. The third kappa shape index (κ3) is 7.67. The summed E-state index contributed by atoms with van der Waals surface area (Å²) >= 11 is 7.70. The number of thioether (sulfide) groups is 1. The normalized spacial score (nSPS) is 15.1. The molecule has 224 valence electrons. The van der Waals surface area contributed by atoms with E-state index in [1.54, 1.807) is 11.8 Å². The number of hydrogen-bond donors (Lipinski definition) is 0. The average molecular weight is 616 g/mol. The Hall–Kier alpha value is -3.62. The number of carbonyl (C=O) groups excluding carboxylic acids is 2. The number of hydrogen-bond acceptors (Lipinski definition) is 5. The zero-order valence-corrected chi connectivity index (χ0v) is 26.4. The molecular weight excluding hydrogens is 578 g/mol. The Bertz CT molecular complexity index is 1510. The van der Waals surface area contributed by atoms with Crippen LogP contribution in [-0.2, 0) is 11.2 Å². The van der Waals surface area contributed by atoms with E-state index in [0.717, 1.165) is 53.7 Å². The Morgan fingerprint density at radius 1 is 0.930 bits per heavy atom. The Morgan fingerprint density at radius 2 is 1.67 bits per heavy atom. The molecular formula is C34H38ClN5O2S. The van der Waals surface area contributed by atoms with Crippen LogP contribution in [0.1, 0.15) is 55.5 Å². The highest BCUT2D eigenvalue weighted by molar-refractivity contribution is 7.99. The fourth-order valence-electron chi connectivity index (χ4n) is 5.35. The highest BCUT2D eigenvalue weighted by Gasteiger charge is 2.30. The minimum Gasteiger partial charge on any atom is -0.339 e. The van der Waals surface area contributed by atoms with E-state index >= 15 is 0 Å². The Kier molecular flexibility index (Phi) is 10.5. The zero-order valence-electron chi connectivity index (χ0n) is 24.8. The van der Waals surface area contributed by atoms with Crippen molar-refractivity contribution in [1.82, 2.24) is 24.6 Å². The van der Waals surface area contributed by atoms with Crippen LogP contribution < -0.4 is 0 Å². The first-order valence-electron chi connectivity index (χ1n) is 15.0. The predicted molar refractivity (Wildman–Crippen MR) is 174 cm³/mol. The van der Waals surface area contributed by atoms with Gasteiger partial charge < -0.3 is 9.80 Å². The summed E-state index contributed by atoms with van der Waals surface area (Å²) in [5.74, 6) is 1.65. The topological polar surface area (TPSA) is 71.3 Å². The Morgan fingerprint density at radius 3 is 2.37 bits per heavy atom. The molecule has 3 aromatic carbocycles. The standard InChI is InChI=1S/C34H38ClN5O2S/c1-3-4-9-26-13-15-28(16-14-26)33(42)39-22-21-38(24-25(39)2)31(41)12-8-23-43-34-37-36-32(27-17-19-29(35)20-18-27)40(34)30-10-6-5-7-11-30/h5-7,10-11,13-20,25H,3-4,8-9,12,21-24H2,1-2H3. The van der Waals surface area contributed by atoms with Gasteiger partial charge in [-0.3, -0.25) is 14.2 Å². The minimum atomic E-state index is -0.0324. The van der Waals surface area contributed by atoms with Gasteiger partial charge in [-0.25, -0.2) is 0 Å². The summed E-state index contributed by atoms with van der Waals surface area (Å²) in [5, 5.41) is 10.4. The summed E-state index contributed by atoms with van der Waals surface area (Å²) in [4.78, 5) is 30.1. The van der Waals surface area contributed by atoms with Gasteiger partial charge in [-0.2, -0.15) is 0 Å². The van der Waals surface area contributed by atoms with Crippen molar-refractivity contribution >= 4 is 35.2 Å². The number of aromatic nitrogens is 3. The number of benzene rings is 3. The summed E-state index contributed by atoms with van der Waals surface area (Å²) in [5.41, 5.74) is 3.89. The van der Waals surface area contributed by atoms with E-state index in [2.05, 4.69) is 29.3 Å². The second-order valence-corrected chi connectivity index (χ2v) is 12.4. The summed E-state index contributed by atoms with van der Waals surface area (Å²) in [6.45, 7) is 5.87. The van der Waals surface area contributed by atoms with Crippen LogP contribution in [0.25, 0.3) is 17.1 Å². The number of rotatable bonds is 11. The highest BCUT2D eigenvalue weighted by Crippen LogP contribution is 2.29. The van der Waals surface area contributed by atoms with Crippen LogP contribution in [0.15, 0.2) is 84.0 Å². The van der Waals surface area contributed by atoms with Crippen LogP contribution >= 0.6 is 23.4 Å². The Labute approximate surface area is 263 Å². The summed E-state index contributed by atoms with van der Waals surface area (Å²) in [6.07, 6.45) is 4.52. The van der Waals surface area contributed by atoms with Crippen LogP contribution in [0.2, 0.25) is 5.02 Å². The van der Waals surface area contributed by atoms with Gasteiger partial charge in [0.15, 0.2) is 11.0 Å². The zero-order chi connectivity index (χ0) is 30.2. The predicted octanol–water partition coefficient (Wildman–Crippen LogP) is 7.18. The van der Waals surface area contributed by atoms with Gasteiger partial charge in [0.05, 0.1) is 0 Å². The number of nitrogens with zero attached hydrogens (tertiary/aromatic N) is 5. The number of amides is 2. The minimum absolute atomic E-state index is 0.0324. The highest BCUT2D eigenvalue weighted by atomic mass is 35.5. The molecule has 43 heavy (non-hydrogen) atoms. The second kappa shape index (κ2) is 14.7. The number of piperazine rings is 1. The number of aryl methyl sites for hydroxylation is 1. The lowest BCUT2D eigenvalue weighted by atomic mass is 10.0. The molecule has 0 saturated carbocycles. The molecule has 0 bridgehead atoms. The molecule has 0 spiro atoms. The van der Waals surface area contributed by atoms with Gasteiger partial charge in [0, 0.05) is 59.7 Å². The van der Waals surface area contributed by atoms with Crippen LogP contribution in [0.3, 0.4) is 0 Å². The lowest BCUT2D eigenvalue weighted by Crippen LogP contribution is -2.55. The van der Waals surface area contributed by atoms with Gasteiger partial charge in [-0.05, 0) is 80.3 Å². The second-order valence-electron chi connectivity index (χ2n) is 10.9. The van der Waals surface area contributed by atoms with Crippen LogP contribution in [0.4, 0.5) is 0 Å². The summed E-state index contributed by atoms with van der Waals surface area (Å²) < 4.78 is 2.05. The molecule has 1 saturated heterocycles. The molecule has 9 heteroatoms. The monoisotopic (exact) mass is 615 g/mol. The molecule has 2 amide bonds. The van der Waals surface area contributed by atoms with Crippen molar-refractivity contribution in [3.63, 3.8) is 0 Å². The van der Waals surface area contributed by atoms with Crippen molar-refractivity contribution in [3.8, 4) is 17.1 Å². The SMILES string of the molecule is CCCCc1ccc(C(=O)N2CCN(C(=O)CCCSc3nnc(-c4ccc(Cl)cc4)n3-c3ccccc3)CC2C)cc1. The molecule has 5 rings (SSSR count). The van der Waals surface area contributed by atoms with E-state index in [4.69, 9.17) is 11.6 Å². The van der Waals surface area contributed by atoms with Crippen LogP contribution in [-0.4, -0.2) is 67.8 Å². The van der Waals surface area contributed by atoms with Crippen molar-refractivity contribution in [2.75, 3.05) is 25.4 Å². The molecule has 1 unspecified atom stereocenters. The molecule has 7 nitrogen and oxygen atoms in total. The van der Waals surface area contributed by atoms with E-state index in [9.17, 15) is 9.59 Å². The smallest absolute Gasteiger partial charge is 0.254 e. The third-order valence-corrected chi connectivity index (χ3v) is 9.04. The average Bonchev–Trinajstić information content (AvgIpc) is 3.46. The number of unbranched alkanes of at least 4 members (excludes halogenated alkanes) is 1. The molecule has 4 aromatic rings. The van der Waals surface area contributed by atoms with Crippen molar-refractivity contribution in [2.24, 2.45) is 0 Å². The molecule has 0 N–H and O–H groups in total. The van der Waals surface area contributed by atoms with Crippen molar-refractivity contribution < 1.29 is 9.59 Å². The summed E-state index contributed by atoms with van der Waals surface area (Å²) in [6, 6.07) is 25.6. The quantitative estimate of drug-likeness (QED) is 0.132. The fraction of sp³-hybridized carbons (Fsp3) is 0.353. The van der Waals surface area contributed by atoms with E-state index < -0.39 is 0 Å². The van der Waals surface area contributed by atoms with Crippen molar-refractivity contribution in [3.05, 3.63) is 95.0 Å². The van der Waals surface area contributed by atoms with Crippen molar-refractivity contribution in [1.29, 1.82) is 0 Å². The number of halogens is 1. The maximum atomic E-state index is 13.2. The number of carbonyl (C=O) groups is 2. The van der Waals surface area contributed by atoms with E-state index in [1.165, 1.54) is 5.56 Å². The molecule has 1 atom stereocenters. The Balaban J connectivity index is 1.14. The first-order valence-corrected chi connectivity index (χ1v) is 16.4. The molecule has 1 aliphatic rings. The van der Waals surface area contributed by atoms with Gasteiger partial charge in [0.2, 0.25) is 5.91 Å². The largest absolute Gasteiger partial charge is 0.339 e. The molecule has 0 radical (unpaired) electrons. The van der Waals surface area contributed by atoms with Crippen LogP contribution in [0.5, 0.6) is 0 Å². The molecule has 1 fully saturated rings. The van der Waals surface area contributed by atoms with Gasteiger partial charge in [-0.1, -0.05) is 67.0 Å². The van der Waals surface area contributed by atoms with Gasteiger partial charge in [0.1, 0.15) is 0 Å². The van der Waals surface area contributed by atoms with E-state index in [-0.39, 0.29) is 17.9 Å². The molecule has 1 aliphatic heterocycles. The molecule has 1 aromatic heterocycles. The summed E-state index contributed by atoms with van der Waals surface area (Å²) in [7, 11) is 0. The van der Waals surface area contributed by atoms with Crippen molar-refractivity contribution in [2.45, 2.75) is 57.1 Å².